The van der Waals surface area contributed by atoms with Crippen LogP contribution >= 0.6 is 11.3 Å². The molecule has 1 saturated carbocycles. The molecule has 41 heavy (non-hydrogen) atoms. The standard InChI is InChI=1S/C30H30F2N4O4S/c1-16-6-8-19(31)14-22(16)35-30-34-21-10-7-18(27(32)28(21)40-30)13-25(37)36-23-5-3-2-4-17(23)12-24(36)29-33-15-20(41-29)9-11-26(38)39/h6-8,10,14-15,17,23-24H,2-5,9,11-13H2,1H3,(H,34,35)(H,38,39)/t17?,23?,24-/m0/s1. The van der Waals surface area contributed by atoms with Crippen LogP contribution in [0.2, 0.25) is 0 Å². The van der Waals surface area contributed by atoms with Gasteiger partial charge in [0, 0.05) is 28.4 Å². The lowest BCUT2D eigenvalue weighted by atomic mass is 9.84. The number of likely N-dealkylation sites (tertiary alicyclic amines) is 1. The molecule has 0 radical (unpaired) electrons. The Balaban J connectivity index is 1.24. The number of carboxylic acid groups (broad SMARTS) is 1. The van der Waals surface area contributed by atoms with Gasteiger partial charge in [0.25, 0.3) is 6.01 Å². The predicted octanol–water partition coefficient (Wildman–Crippen LogP) is 6.71. The predicted molar refractivity (Wildman–Crippen MR) is 150 cm³/mol. The summed E-state index contributed by atoms with van der Waals surface area (Å²) in [5.74, 6) is -1.73. The lowest BCUT2D eigenvalue weighted by Gasteiger charge is -2.33. The van der Waals surface area contributed by atoms with Gasteiger partial charge in [-0.25, -0.2) is 13.8 Å². The van der Waals surface area contributed by atoms with Gasteiger partial charge in [-0.3, -0.25) is 9.59 Å². The third-order valence-electron chi connectivity index (χ3n) is 8.18. The molecule has 1 saturated heterocycles. The normalized spacial score (nSPS) is 20.4. The summed E-state index contributed by atoms with van der Waals surface area (Å²) in [6.07, 6.45) is 6.93. The second kappa shape index (κ2) is 11.2. The minimum atomic E-state index is -0.860. The highest BCUT2D eigenvalue weighted by atomic mass is 32.1. The molecule has 2 unspecified atom stereocenters. The molecule has 1 amide bonds. The minimum Gasteiger partial charge on any atom is -0.481 e. The van der Waals surface area contributed by atoms with Crippen LogP contribution in [-0.4, -0.2) is 37.9 Å². The number of carboxylic acids is 1. The van der Waals surface area contributed by atoms with Gasteiger partial charge in [-0.05, 0) is 62.3 Å². The monoisotopic (exact) mass is 580 g/mol. The van der Waals surface area contributed by atoms with Gasteiger partial charge in [-0.2, -0.15) is 4.98 Å². The molecule has 4 aromatic rings. The lowest BCUT2D eigenvalue weighted by Crippen LogP contribution is -2.41. The maximum Gasteiger partial charge on any atom is 0.303 e. The van der Waals surface area contributed by atoms with Crippen LogP contribution in [0, 0.1) is 24.5 Å². The van der Waals surface area contributed by atoms with E-state index >= 15 is 4.39 Å². The number of aromatic nitrogens is 2. The molecule has 2 aliphatic rings. The Morgan fingerprint density at radius 2 is 2.02 bits per heavy atom. The molecular weight excluding hydrogens is 550 g/mol. The topological polar surface area (TPSA) is 109 Å². The Morgan fingerprint density at radius 1 is 1.20 bits per heavy atom. The number of amides is 1. The number of hydrogen-bond donors (Lipinski definition) is 2. The summed E-state index contributed by atoms with van der Waals surface area (Å²) < 4.78 is 35.1. The maximum absolute atomic E-state index is 15.7. The van der Waals surface area contributed by atoms with Crippen LogP contribution in [-0.2, 0) is 22.4 Å². The molecule has 214 valence electrons. The molecule has 3 heterocycles. The zero-order chi connectivity index (χ0) is 28.7. The number of fused-ring (bicyclic) bond motifs is 2. The van der Waals surface area contributed by atoms with Crippen molar-refractivity contribution in [2.75, 3.05) is 5.32 Å². The highest BCUT2D eigenvalue weighted by molar-refractivity contribution is 7.11. The van der Waals surface area contributed by atoms with Crippen molar-refractivity contribution >= 4 is 46.0 Å². The third kappa shape index (κ3) is 5.55. The van der Waals surface area contributed by atoms with Crippen molar-refractivity contribution in [3.05, 3.63) is 69.2 Å². The van der Waals surface area contributed by atoms with Gasteiger partial charge >= 0.3 is 5.97 Å². The molecule has 11 heteroatoms. The number of carbonyl (C=O) groups is 2. The maximum atomic E-state index is 15.7. The Labute approximate surface area is 239 Å². The largest absolute Gasteiger partial charge is 0.481 e. The van der Waals surface area contributed by atoms with E-state index in [4.69, 9.17) is 9.52 Å². The summed E-state index contributed by atoms with van der Waals surface area (Å²) in [6, 6.07) is 7.37. The first-order valence-electron chi connectivity index (χ1n) is 13.9. The average molecular weight is 581 g/mol. The van der Waals surface area contributed by atoms with Gasteiger partial charge in [0.15, 0.2) is 11.4 Å². The van der Waals surface area contributed by atoms with E-state index in [2.05, 4.69) is 15.3 Å². The quantitative estimate of drug-likeness (QED) is 0.239. The van der Waals surface area contributed by atoms with Crippen molar-refractivity contribution in [1.29, 1.82) is 0 Å². The summed E-state index contributed by atoms with van der Waals surface area (Å²) in [5.41, 5.74) is 1.67. The molecule has 2 aromatic carbocycles. The van der Waals surface area contributed by atoms with Crippen LogP contribution in [0.1, 0.15) is 65.6 Å². The third-order valence-corrected chi connectivity index (χ3v) is 9.34. The van der Waals surface area contributed by atoms with E-state index in [1.807, 2.05) is 4.90 Å². The van der Waals surface area contributed by atoms with Crippen LogP contribution in [0.15, 0.2) is 40.9 Å². The number of hydrogen-bond acceptors (Lipinski definition) is 7. The zero-order valence-corrected chi connectivity index (χ0v) is 23.3. The van der Waals surface area contributed by atoms with Gasteiger partial charge in [0.1, 0.15) is 16.3 Å². The van der Waals surface area contributed by atoms with E-state index in [0.29, 0.717) is 23.5 Å². The Bertz CT molecular complexity index is 1620. The highest BCUT2D eigenvalue weighted by Crippen LogP contribution is 2.47. The number of aryl methyl sites for hydroxylation is 2. The van der Waals surface area contributed by atoms with Crippen LogP contribution in [0.25, 0.3) is 11.1 Å². The smallest absolute Gasteiger partial charge is 0.303 e. The van der Waals surface area contributed by atoms with Crippen molar-refractivity contribution in [3.63, 3.8) is 0 Å². The Morgan fingerprint density at radius 3 is 2.85 bits per heavy atom. The fourth-order valence-corrected chi connectivity index (χ4v) is 7.18. The molecule has 2 aromatic heterocycles. The number of carbonyl (C=O) groups excluding carboxylic acids is 1. The molecular formula is C30H30F2N4O4S. The summed E-state index contributed by atoms with van der Waals surface area (Å²) >= 11 is 1.46. The number of aliphatic carboxylic acids is 1. The van der Waals surface area contributed by atoms with Crippen molar-refractivity contribution < 1.29 is 27.9 Å². The van der Waals surface area contributed by atoms with Crippen molar-refractivity contribution in [2.24, 2.45) is 5.92 Å². The van der Waals surface area contributed by atoms with E-state index in [0.717, 1.165) is 47.6 Å². The van der Waals surface area contributed by atoms with Crippen LogP contribution in [0.5, 0.6) is 0 Å². The van der Waals surface area contributed by atoms with E-state index in [9.17, 15) is 14.0 Å². The summed E-state index contributed by atoms with van der Waals surface area (Å²) in [6.45, 7) is 1.81. The minimum absolute atomic E-state index is 0.0304. The van der Waals surface area contributed by atoms with Gasteiger partial charge in [-0.1, -0.05) is 25.0 Å². The van der Waals surface area contributed by atoms with Crippen molar-refractivity contribution in [3.8, 4) is 0 Å². The fourth-order valence-electron chi connectivity index (χ4n) is 6.15. The number of anilines is 2. The second-order valence-corrected chi connectivity index (χ2v) is 12.0. The second-order valence-electron chi connectivity index (χ2n) is 10.9. The lowest BCUT2D eigenvalue weighted by molar-refractivity contribution is -0.137. The van der Waals surface area contributed by atoms with Gasteiger partial charge in [0.05, 0.1) is 18.9 Å². The number of benzene rings is 2. The number of halogens is 2. The molecule has 2 fully saturated rings. The number of nitrogens with one attached hydrogen (secondary N) is 1. The zero-order valence-electron chi connectivity index (χ0n) is 22.5. The summed E-state index contributed by atoms with van der Waals surface area (Å²) in [5, 5.41) is 12.8. The number of nitrogens with zero attached hydrogens (tertiary/aromatic N) is 3. The van der Waals surface area contributed by atoms with Crippen LogP contribution in [0.3, 0.4) is 0 Å². The number of oxazole rings is 1. The average Bonchev–Trinajstić information content (AvgIpc) is 3.68. The van der Waals surface area contributed by atoms with E-state index in [-0.39, 0.29) is 48.0 Å². The molecule has 1 aliphatic carbocycles. The molecule has 2 N–H and O–H groups in total. The number of rotatable bonds is 8. The fraction of sp³-hybridized carbons (Fsp3) is 0.400. The van der Waals surface area contributed by atoms with E-state index in [1.165, 1.54) is 23.5 Å². The van der Waals surface area contributed by atoms with Gasteiger partial charge in [0.2, 0.25) is 5.91 Å². The van der Waals surface area contributed by atoms with Crippen LogP contribution in [0.4, 0.5) is 20.5 Å². The molecule has 8 nitrogen and oxygen atoms in total. The highest BCUT2D eigenvalue weighted by Gasteiger charge is 2.46. The summed E-state index contributed by atoms with van der Waals surface area (Å²) in [7, 11) is 0. The van der Waals surface area contributed by atoms with Crippen molar-refractivity contribution in [2.45, 2.75) is 70.4 Å². The SMILES string of the molecule is Cc1ccc(F)cc1Nc1nc2ccc(CC(=O)N3C4CCCCC4C[C@H]3c3ncc(CCC(=O)O)s3)c(F)c2o1. The number of thiazole rings is 1. The molecule has 1 aliphatic heterocycles. The first-order valence-corrected chi connectivity index (χ1v) is 14.7. The van der Waals surface area contributed by atoms with Gasteiger partial charge in [-0.15, -0.1) is 11.3 Å². The molecule has 0 spiro atoms. The van der Waals surface area contributed by atoms with Crippen LogP contribution < -0.4 is 5.32 Å². The summed E-state index contributed by atoms with van der Waals surface area (Å²) in [4.78, 5) is 36.5. The first kappa shape index (κ1) is 27.3. The first-order chi connectivity index (χ1) is 19.8. The Hall–Kier alpha value is -3.86. The Kier molecular flexibility index (Phi) is 7.46. The molecule has 6 rings (SSSR count). The van der Waals surface area contributed by atoms with E-state index in [1.54, 1.807) is 31.3 Å². The van der Waals surface area contributed by atoms with Crippen molar-refractivity contribution in [1.82, 2.24) is 14.9 Å². The van der Waals surface area contributed by atoms with Gasteiger partial charge < -0.3 is 19.7 Å². The molecule has 3 atom stereocenters. The van der Waals surface area contributed by atoms with E-state index < -0.39 is 17.6 Å². The molecule has 0 bridgehead atoms.